The van der Waals surface area contributed by atoms with Crippen LogP contribution < -0.4 is 10.7 Å². The number of nitrogens with one attached hydrogen (secondary N) is 2. The number of hydrazone groups is 1. The Labute approximate surface area is 147 Å². The van der Waals surface area contributed by atoms with Crippen molar-refractivity contribution in [2.75, 3.05) is 5.32 Å². The Kier molecular flexibility index (Phi) is 7.13. The maximum absolute atomic E-state index is 11.8. The molecule has 5 nitrogen and oxygen atoms in total. The molecular formula is C20H21N3O2. The van der Waals surface area contributed by atoms with Gasteiger partial charge in [-0.25, -0.2) is 5.43 Å². The molecule has 2 amide bonds. The Balaban J connectivity index is 1.72. The summed E-state index contributed by atoms with van der Waals surface area (Å²) in [5.41, 5.74) is 4.90. The Morgan fingerprint density at radius 1 is 0.920 bits per heavy atom. The number of anilines is 1. The van der Waals surface area contributed by atoms with Crippen molar-refractivity contribution in [1.82, 2.24) is 5.43 Å². The molecule has 0 atom stereocenters. The lowest BCUT2D eigenvalue weighted by molar-refractivity contribution is -0.124. The average Bonchev–Trinajstić information content (AvgIpc) is 2.64. The highest BCUT2D eigenvalue weighted by atomic mass is 16.2. The van der Waals surface area contributed by atoms with E-state index in [4.69, 9.17) is 0 Å². The molecule has 25 heavy (non-hydrogen) atoms. The highest BCUT2D eigenvalue weighted by molar-refractivity contribution is 5.97. The first-order chi connectivity index (χ1) is 12.1. The Morgan fingerprint density at radius 2 is 1.52 bits per heavy atom. The normalized spacial score (nSPS) is 11.3. The van der Waals surface area contributed by atoms with Crippen molar-refractivity contribution < 1.29 is 9.59 Å². The van der Waals surface area contributed by atoms with Crippen LogP contribution in [-0.4, -0.2) is 17.5 Å². The van der Waals surface area contributed by atoms with Crippen LogP contribution in [0.1, 0.15) is 25.3 Å². The van der Waals surface area contributed by atoms with Gasteiger partial charge in [-0.3, -0.25) is 9.59 Å². The molecule has 2 N–H and O–H groups in total. The van der Waals surface area contributed by atoms with Gasteiger partial charge in [0.05, 0.1) is 5.71 Å². The summed E-state index contributed by atoms with van der Waals surface area (Å²) in [6, 6.07) is 19.0. The lowest BCUT2D eigenvalue weighted by Crippen LogP contribution is -2.21. The fourth-order valence-corrected chi connectivity index (χ4v) is 2.00. The van der Waals surface area contributed by atoms with Gasteiger partial charge >= 0.3 is 0 Å². The second kappa shape index (κ2) is 9.82. The van der Waals surface area contributed by atoms with Crippen LogP contribution in [0.25, 0.3) is 6.08 Å². The summed E-state index contributed by atoms with van der Waals surface area (Å²) in [5.74, 6) is -0.498. The monoisotopic (exact) mass is 335 g/mol. The number of carbonyl (C=O) groups excluding carboxylic acids is 2. The second-order valence-corrected chi connectivity index (χ2v) is 5.45. The van der Waals surface area contributed by atoms with Gasteiger partial charge in [-0.15, -0.1) is 0 Å². The fourth-order valence-electron chi connectivity index (χ4n) is 2.00. The third-order valence-corrected chi connectivity index (χ3v) is 3.31. The van der Waals surface area contributed by atoms with E-state index in [2.05, 4.69) is 15.8 Å². The van der Waals surface area contributed by atoms with E-state index in [1.165, 1.54) is 0 Å². The van der Waals surface area contributed by atoms with E-state index < -0.39 is 0 Å². The van der Waals surface area contributed by atoms with Gasteiger partial charge in [-0.05, 0) is 30.7 Å². The van der Waals surface area contributed by atoms with E-state index in [0.717, 1.165) is 5.56 Å². The van der Waals surface area contributed by atoms with Crippen LogP contribution in [-0.2, 0) is 9.59 Å². The van der Waals surface area contributed by atoms with Gasteiger partial charge in [-0.2, -0.15) is 5.10 Å². The standard InChI is InChI=1S/C20H21N3O2/c1-16(12-13-17-8-4-2-5-9-17)22-23-20(25)15-14-19(24)21-18-10-6-3-7-11-18/h2-13H,14-15H2,1H3,(H,21,24)(H,23,25)/b13-12-,22-16?. The summed E-state index contributed by atoms with van der Waals surface area (Å²) in [6.07, 6.45) is 3.92. The molecule has 0 aliphatic carbocycles. The zero-order valence-electron chi connectivity index (χ0n) is 14.1. The number of rotatable bonds is 7. The van der Waals surface area contributed by atoms with Crippen molar-refractivity contribution in [2.45, 2.75) is 19.8 Å². The number of carbonyl (C=O) groups is 2. The molecule has 0 radical (unpaired) electrons. The van der Waals surface area contributed by atoms with Crippen molar-refractivity contribution in [3.05, 3.63) is 72.3 Å². The van der Waals surface area contributed by atoms with Gasteiger partial charge in [0.2, 0.25) is 11.8 Å². The lowest BCUT2D eigenvalue weighted by atomic mass is 10.2. The van der Waals surface area contributed by atoms with Crippen LogP contribution >= 0.6 is 0 Å². The smallest absolute Gasteiger partial charge is 0.240 e. The summed E-state index contributed by atoms with van der Waals surface area (Å²) in [4.78, 5) is 23.5. The SMILES string of the molecule is CC(/C=C\c1ccccc1)=NNC(=O)CCC(=O)Nc1ccccc1. The van der Waals surface area contributed by atoms with E-state index >= 15 is 0 Å². The first-order valence-electron chi connectivity index (χ1n) is 8.04. The van der Waals surface area contributed by atoms with Crippen LogP contribution in [0.4, 0.5) is 5.69 Å². The molecule has 0 aliphatic heterocycles. The Hall–Kier alpha value is -3.21. The molecule has 2 rings (SSSR count). The van der Waals surface area contributed by atoms with Gasteiger partial charge in [-0.1, -0.05) is 54.6 Å². The first kappa shape index (κ1) is 18.1. The summed E-state index contributed by atoms with van der Waals surface area (Å²) in [7, 11) is 0. The third-order valence-electron chi connectivity index (χ3n) is 3.31. The summed E-state index contributed by atoms with van der Waals surface area (Å²) >= 11 is 0. The fraction of sp³-hybridized carbons (Fsp3) is 0.150. The molecule has 5 heteroatoms. The van der Waals surface area contributed by atoms with Crippen molar-refractivity contribution in [3.8, 4) is 0 Å². The topological polar surface area (TPSA) is 70.6 Å². The van der Waals surface area contributed by atoms with E-state index in [1.807, 2.05) is 60.7 Å². The van der Waals surface area contributed by atoms with Gasteiger partial charge in [0.15, 0.2) is 0 Å². The van der Waals surface area contributed by atoms with E-state index in [1.54, 1.807) is 19.1 Å². The van der Waals surface area contributed by atoms with E-state index in [-0.39, 0.29) is 24.7 Å². The van der Waals surface area contributed by atoms with Crippen LogP contribution in [0.3, 0.4) is 0 Å². The van der Waals surface area contributed by atoms with Crippen LogP contribution in [0.5, 0.6) is 0 Å². The number of nitrogens with zero attached hydrogens (tertiary/aromatic N) is 1. The van der Waals surface area contributed by atoms with Crippen molar-refractivity contribution in [2.24, 2.45) is 5.10 Å². The van der Waals surface area contributed by atoms with Crippen LogP contribution in [0, 0.1) is 0 Å². The number of hydrogen-bond acceptors (Lipinski definition) is 3. The minimum Gasteiger partial charge on any atom is -0.326 e. The number of amides is 2. The molecule has 0 bridgehead atoms. The molecule has 2 aromatic rings. The molecule has 0 aromatic heterocycles. The summed E-state index contributed by atoms with van der Waals surface area (Å²) < 4.78 is 0. The van der Waals surface area contributed by atoms with Gasteiger partial charge in [0, 0.05) is 18.5 Å². The van der Waals surface area contributed by atoms with E-state index in [9.17, 15) is 9.59 Å². The lowest BCUT2D eigenvalue weighted by Gasteiger charge is -2.04. The number of para-hydroxylation sites is 1. The predicted octanol–water partition coefficient (Wildman–Crippen LogP) is 3.61. The molecule has 0 heterocycles. The molecule has 0 spiro atoms. The second-order valence-electron chi connectivity index (χ2n) is 5.45. The highest BCUT2D eigenvalue weighted by Gasteiger charge is 2.06. The van der Waals surface area contributed by atoms with Crippen molar-refractivity contribution in [3.63, 3.8) is 0 Å². The maximum Gasteiger partial charge on any atom is 0.240 e. The Bertz CT molecular complexity index is 753. The minimum atomic E-state index is -0.296. The number of hydrogen-bond donors (Lipinski definition) is 2. The average molecular weight is 335 g/mol. The largest absolute Gasteiger partial charge is 0.326 e. The van der Waals surface area contributed by atoms with Crippen molar-refractivity contribution >= 4 is 29.3 Å². The predicted molar refractivity (Wildman–Crippen MR) is 101 cm³/mol. The molecule has 0 aliphatic rings. The quantitative estimate of drug-likeness (QED) is 0.599. The minimum absolute atomic E-state index is 0.0812. The van der Waals surface area contributed by atoms with Crippen LogP contribution in [0.2, 0.25) is 0 Å². The molecule has 128 valence electrons. The zero-order chi connectivity index (χ0) is 17.9. The molecule has 0 unspecified atom stereocenters. The van der Waals surface area contributed by atoms with Crippen molar-refractivity contribution in [1.29, 1.82) is 0 Å². The third kappa shape index (κ3) is 7.26. The number of allylic oxidation sites excluding steroid dienone is 1. The van der Waals surface area contributed by atoms with Gasteiger partial charge < -0.3 is 5.32 Å². The Morgan fingerprint density at radius 3 is 2.20 bits per heavy atom. The molecule has 0 fully saturated rings. The first-order valence-corrected chi connectivity index (χ1v) is 8.04. The van der Waals surface area contributed by atoms with Gasteiger partial charge in [0.1, 0.15) is 0 Å². The molecule has 0 saturated carbocycles. The zero-order valence-corrected chi connectivity index (χ0v) is 14.1. The van der Waals surface area contributed by atoms with Gasteiger partial charge in [0.25, 0.3) is 0 Å². The maximum atomic E-state index is 11.8. The molecule has 2 aromatic carbocycles. The van der Waals surface area contributed by atoms with Crippen LogP contribution in [0.15, 0.2) is 71.8 Å². The number of benzene rings is 2. The summed E-state index contributed by atoms with van der Waals surface area (Å²) in [5, 5.41) is 6.73. The molecular weight excluding hydrogens is 314 g/mol. The molecule has 0 saturated heterocycles. The highest BCUT2D eigenvalue weighted by Crippen LogP contribution is 2.06. The van der Waals surface area contributed by atoms with E-state index in [0.29, 0.717) is 11.4 Å². The summed E-state index contributed by atoms with van der Waals surface area (Å²) in [6.45, 7) is 1.79.